The van der Waals surface area contributed by atoms with E-state index in [1.165, 1.54) is 0 Å². The van der Waals surface area contributed by atoms with Gasteiger partial charge in [0.1, 0.15) is 11.6 Å². The summed E-state index contributed by atoms with van der Waals surface area (Å²) in [7, 11) is 1.54. The summed E-state index contributed by atoms with van der Waals surface area (Å²) in [4.78, 5) is 19.1. The van der Waals surface area contributed by atoms with Crippen LogP contribution in [-0.2, 0) is 4.79 Å². The van der Waals surface area contributed by atoms with Gasteiger partial charge in [0.05, 0.1) is 13.0 Å². The van der Waals surface area contributed by atoms with Crippen molar-refractivity contribution in [2.75, 3.05) is 12.4 Å². The fraction of sp³-hybridized carbons (Fsp3) is 0.417. The van der Waals surface area contributed by atoms with E-state index >= 15 is 0 Å². The molecule has 0 saturated heterocycles. The maximum Gasteiger partial charge on any atom is 0.310 e. The summed E-state index contributed by atoms with van der Waals surface area (Å²) < 4.78 is 5.06. The fourth-order valence-electron chi connectivity index (χ4n) is 1.90. The summed E-state index contributed by atoms with van der Waals surface area (Å²) >= 11 is 0. The van der Waals surface area contributed by atoms with Crippen molar-refractivity contribution in [3.8, 4) is 5.88 Å². The topological polar surface area (TPSA) is 84.3 Å². The molecule has 0 bridgehead atoms. The van der Waals surface area contributed by atoms with Crippen molar-refractivity contribution >= 4 is 11.8 Å². The van der Waals surface area contributed by atoms with Crippen LogP contribution in [0.4, 0.5) is 5.82 Å². The Hall–Kier alpha value is -2.11. The second kappa shape index (κ2) is 5.03. The van der Waals surface area contributed by atoms with E-state index in [1.54, 1.807) is 26.2 Å². The van der Waals surface area contributed by atoms with Crippen molar-refractivity contribution in [1.29, 1.82) is 0 Å². The highest BCUT2D eigenvalue weighted by molar-refractivity contribution is 5.73. The van der Waals surface area contributed by atoms with E-state index < -0.39 is 11.9 Å². The lowest BCUT2D eigenvalue weighted by molar-refractivity contribution is -0.140. The number of nitrogens with zero attached hydrogens (tertiary/aromatic N) is 2. The Morgan fingerprint density at radius 3 is 2.89 bits per heavy atom. The molecule has 1 aromatic rings. The van der Waals surface area contributed by atoms with E-state index in [9.17, 15) is 4.79 Å². The van der Waals surface area contributed by atoms with Gasteiger partial charge in [-0.3, -0.25) is 4.79 Å². The maximum atomic E-state index is 10.8. The minimum atomic E-state index is -0.799. The van der Waals surface area contributed by atoms with E-state index in [4.69, 9.17) is 9.84 Å². The largest absolute Gasteiger partial charge is 0.481 e. The number of hydrogen-bond acceptors (Lipinski definition) is 5. The van der Waals surface area contributed by atoms with Gasteiger partial charge in [-0.05, 0) is 13.3 Å². The van der Waals surface area contributed by atoms with E-state index in [0.29, 0.717) is 23.9 Å². The summed E-state index contributed by atoms with van der Waals surface area (Å²) in [6, 6.07) is 1.67. The van der Waals surface area contributed by atoms with Gasteiger partial charge >= 0.3 is 5.97 Å². The highest BCUT2D eigenvalue weighted by Crippen LogP contribution is 2.22. The minimum absolute atomic E-state index is 0.0230. The average Bonchev–Trinajstić information content (AvgIpc) is 2.76. The Bertz CT molecular complexity index is 487. The predicted molar refractivity (Wildman–Crippen MR) is 65.6 cm³/mol. The Labute approximate surface area is 105 Å². The van der Waals surface area contributed by atoms with Gasteiger partial charge in [-0.25, -0.2) is 4.98 Å². The van der Waals surface area contributed by atoms with Crippen LogP contribution in [0.3, 0.4) is 0 Å². The summed E-state index contributed by atoms with van der Waals surface area (Å²) in [6.07, 6.45) is 4.08. The van der Waals surface area contributed by atoms with E-state index in [0.717, 1.165) is 0 Å². The molecular weight excluding hydrogens is 234 g/mol. The Kier molecular flexibility index (Phi) is 3.45. The van der Waals surface area contributed by atoms with Crippen LogP contribution in [0, 0.1) is 12.8 Å². The normalized spacial score (nSPS) is 21.9. The van der Waals surface area contributed by atoms with Gasteiger partial charge in [-0.1, -0.05) is 12.2 Å². The smallest absolute Gasteiger partial charge is 0.310 e. The molecule has 1 aliphatic rings. The van der Waals surface area contributed by atoms with Gasteiger partial charge < -0.3 is 15.2 Å². The Morgan fingerprint density at radius 1 is 1.50 bits per heavy atom. The molecule has 6 heteroatoms. The quantitative estimate of drug-likeness (QED) is 0.781. The zero-order valence-corrected chi connectivity index (χ0v) is 10.3. The number of aliphatic carboxylic acids is 1. The molecule has 2 rings (SSSR count). The third-order valence-corrected chi connectivity index (χ3v) is 2.76. The van der Waals surface area contributed by atoms with E-state index in [2.05, 4.69) is 15.3 Å². The van der Waals surface area contributed by atoms with Crippen LogP contribution < -0.4 is 10.1 Å². The molecule has 0 spiro atoms. The molecule has 0 saturated carbocycles. The van der Waals surface area contributed by atoms with E-state index in [1.807, 2.05) is 6.08 Å². The maximum absolute atomic E-state index is 10.8. The number of carboxylic acid groups (broad SMARTS) is 1. The number of carbonyl (C=O) groups is 1. The molecule has 0 aliphatic heterocycles. The summed E-state index contributed by atoms with van der Waals surface area (Å²) in [5, 5.41) is 12.1. The summed E-state index contributed by atoms with van der Waals surface area (Å²) in [5.74, 6) is 0.509. The van der Waals surface area contributed by atoms with Crippen molar-refractivity contribution < 1.29 is 14.6 Å². The molecule has 0 aromatic carbocycles. The first-order chi connectivity index (χ1) is 8.58. The molecule has 0 fully saturated rings. The number of ether oxygens (including phenoxy) is 1. The average molecular weight is 249 g/mol. The first kappa shape index (κ1) is 12.3. The molecular formula is C12H15N3O3. The van der Waals surface area contributed by atoms with Crippen molar-refractivity contribution in [3.63, 3.8) is 0 Å². The molecule has 2 unspecified atom stereocenters. The first-order valence-electron chi connectivity index (χ1n) is 5.66. The van der Waals surface area contributed by atoms with Crippen LogP contribution in [0.15, 0.2) is 18.2 Å². The molecule has 2 N–H and O–H groups in total. The molecule has 6 nitrogen and oxygen atoms in total. The number of nitrogens with one attached hydrogen (secondary N) is 1. The molecule has 0 radical (unpaired) electrons. The van der Waals surface area contributed by atoms with Gasteiger partial charge in [-0.15, -0.1) is 0 Å². The van der Waals surface area contributed by atoms with Crippen molar-refractivity contribution in [2.45, 2.75) is 19.4 Å². The van der Waals surface area contributed by atoms with Gasteiger partial charge in [-0.2, -0.15) is 4.98 Å². The van der Waals surface area contributed by atoms with Gasteiger partial charge in [0.15, 0.2) is 0 Å². The monoisotopic (exact) mass is 249 g/mol. The Morgan fingerprint density at radius 2 is 2.28 bits per heavy atom. The number of rotatable bonds is 4. The third kappa shape index (κ3) is 2.77. The van der Waals surface area contributed by atoms with Crippen molar-refractivity contribution in [2.24, 2.45) is 5.92 Å². The number of aromatic nitrogens is 2. The van der Waals surface area contributed by atoms with Crippen LogP contribution >= 0.6 is 0 Å². The standard InChI is InChI=1S/C12H15N3O3/c1-7-13-10(6-11(14-7)18-2)15-9-4-3-8(5-9)12(16)17/h3-4,6,8-9H,5H2,1-2H3,(H,16,17)(H,13,14,15). The minimum Gasteiger partial charge on any atom is -0.481 e. The molecule has 2 atom stereocenters. The van der Waals surface area contributed by atoms with Crippen molar-refractivity contribution in [1.82, 2.24) is 9.97 Å². The Balaban J connectivity index is 2.05. The van der Waals surface area contributed by atoms with E-state index in [-0.39, 0.29) is 6.04 Å². The zero-order valence-electron chi connectivity index (χ0n) is 10.3. The van der Waals surface area contributed by atoms with Crippen LogP contribution in [0.5, 0.6) is 5.88 Å². The highest BCUT2D eigenvalue weighted by Gasteiger charge is 2.24. The fourth-order valence-corrected chi connectivity index (χ4v) is 1.90. The molecule has 18 heavy (non-hydrogen) atoms. The second-order valence-electron chi connectivity index (χ2n) is 4.16. The number of aryl methyl sites for hydroxylation is 1. The van der Waals surface area contributed by atoms with Crippen LogP contribution in [0.2, 0.25) is 0 Å². The first-order valence-corrected chi connectivity index (χ1v) is 5.66. The lowest BCUT2D eigenvalue weighted by Crippen LogP contribution is -2.19. The van der Waals surface area contributed by atoms with Gasteiger partial charge in [0.2, 0.25) is 5.88 Å². The third-order valence-electron chi connectivity index (χ3n) is 2.76. The number of anilines is 1. The van der Waals surface area contributed by atoms with Crippen LogP contribution in [0.1, 0.15) is 12.2 Å². The molecule has 1 heterocycles. The summed E-state index contributed by atoms with van der Waals surface area (Å²) in [6.45, 7) is 1.78. The number of carboxylic acids is 1. The zero-order chi connectivity index (χ0) is 13.1. The SMILES string of the molecule is COc1cc(NC2C=CC(C(=O)O)C2)nc(C)n1. The second-order valence-corrected chi connectivity index (χ2v) is 4.16. The molecule has 0 amide bonds. The highest BCUT2D eigenvalue weighted by atomic mass is 16.5. The summed E-state index contributed by atoms with van der Waals surface area (Å²) in [5.41, 5.74) is 0. The van der Waals surface area contributed by atoms with Crippen LogP contribution in [0.25, 0.3) is 0 Å². The number of hydrogen-bond donors (Lipinski definition) is 2. The van der Waals surface area contributed by atoms with Gasteiger partial charge in [0.25, 0.3) is 0 Å². The molecule has 1 aliphatic carbocycles. The van der Waals surface area contributed by atoms with Crippen molar-refractivity contribution in [3.05, 3.63) is 24.0 Å². The van der Waals surface area contributed by atoms with Crippen LogP contribution in [-0.4, -0.2) is 34.2 Å². The predicted octanol–water partition coefficient (Wildman–Crippen LogP) is 1.23. The van der Waals surface area contributed by atoms with Gasteiger partial charge in [0, 0.05) is 12.1 Å². The lowest BCUT2D eigenvalue weighted by Gasteiger charge is -2.13. The lowest BCUT2D eigenvalue weighted by atomic mass is 10.1. The molecule has 96 valence electrons. The molecule has 1 aromatic heterocycles. The number of methoxy groups -OCH3 is 1.